The minimum atomic E-state index is -0.456. The zero-order valence-electron chi connectivity index (χ0n) is 14.2. The molecule has 5 heteroatoms. The van der Waals surface area contributed by atoms with E-state index in [-0.39, 0.29) is 24.3 Å². The first-order valence-corrected chi connectivity index (χ1v) is 8.76. The van der Waals surface area contributed by atoms with E-state index in [0.717, 1.165) is 25.4 Å². The molecule has 2 aliphatic carbocycles. The number of hydrogen-bond donors (Lipinski definition) is 2. The van der Waals surface area contributed by atoms with Crippen molar-refractivity contribution in [2.75, 3.05) is 6.61 Å². The average molecular weight is 310 g/mol. The lowest BCUT2D eigenvalue weighted by Crippen LogP contribution is -2.71. The minimum absolute atomic E-state index is 0.134. The first-order chi connectivity index (χ1) is 10.4. The summed E-state index contributed by atoms with van der Waals surface area (Å²) in [5.74, 6) is 1.24. The molecule has 2 saturated carbocycles. The molecule has 1 heterocycles. The van der Waals surface area contributed by atoms with Gasteiger partial charge in [0.25, 0.3) is 0 Å². The van der Waals surface area contributed by atoms with E-state index in [1.54, 1.807) is 0 Å². The smallest absolute Gasteiger partial charge is 0.407 e. The minimum Gasteiger partial charge on any atom is -0.444 e. The summed E-state index contributed by atoms with van der Waals surface area (Å²) >= 11 is 0. The number of alkyl carbamates (subject to hydrolysis) is 1. The van der Waals surface area contributed by atoms with Crippen molar-refractivity contribution in [3.8, 4) is 0 Å². The van der Waals surface area contributed by atoms with Crippen molar-refractivity contribution >= 4 is 6.09 Å². The molecule has 2 N–H and O–H groups in total. The third kappa shape index (κ3) is 3.40. The van der Waals surface area contributed by atoms with Crippen molar-refractivity contribution in [3.05, 3.63) is 0 Å². The fraction of sp³-hybridized carbons (Fsp3) is 0.941. The van der Waals surface area contributed by atoms with Crippen LogP contribution in [0.2, 0.25) is 0 Å². The summed E-state index contributed by atoms with van der Waals surface area (Å²) in [4.78, 5) is 12.1. The normalized spacial score (nSPS) is 35.5. The van der Waals surface area contributed by atoms with Crippen molar-refractivity contribution in [1.29, 1.82) is 0 Å². The van der Waals surface area contributed by atoms with E-state index in [1.807, 2.05) is 20.8 Å². The fourth-order valence-corrected chi connectivity index (χ4v) is 3.88. The van der Waals surface area contributed by atoms with Gasteiger partial charge in [0.2, 0.25) is 0 Å². The summed E-state index contributed by atoms with van der Waals surface area (Å²) in [5.41, 5.74) is -0.456. The number of hydrogen-bond acceptors (Lipinski definition) is 4. The second-order valence-corrected chi connectivity index (χ2v) is 8.00. The number of nitrogens with one attached hydrogen (secondary N) is 2. The number of rotatable bonds is 5. The van der Waals surface area contributed by atoms with Crippen molar-refractivity contribution in [2.45, 2.75) is 83.2 Å². The molecule has 3 rings (SSSR count). The summed E-state index contributed by atoms with van der Waals surface area (Å²) in [5, 5.41) is 6.84. The van der Waals surface area contributed by atoms with Crippen LogP contribution in [0.4, 0.5) is 4.79 Å². The summed E-state index contributed by atoms with van der Waals surface area (Å²) in [6, 6.07) is 0.916. The Labute approximate surface area is 133 Å². The van der Waals surface area contributed by atoms with E-state index in [0.29, 0.717) is 12.0 Å². The molecule has 0 aromatic rings. The Morgan fingerprint density at radius 2 is 2.00 bits per heavy atom. The number of fused-ring (bicyclic) bond motifs is 1. The lowest BCUT2D eigenvalue weighted by molar-refractivity contribution is -0.0387. The molecule has 126 valence electrons. The molecule has 0 aromatic carbocycles. The quantitative estimate of drug-likeness (QED) is 0.819. The number of amides is 1. The zero-order valence-corrected chi connectivity index (χ0v) is 14.2. The molecule has 22 heavy (non-hydrogen) atoms. The van der Waals surface area contributed by atoms with Gasteiger partial charge < -0.3 is 20.1 Å². The Balaban J connectivity index is 1.59. The monoisotopic (exact) mass is 310 g/mol. The van der Waals surface area contributed by atoms with E-state index in [4.69, 9.17) is 9.47 Å². The Bertz CT molecular complexity index is 417. The van der Waals surface area contributed by atoms with Crippen LogP contribution in [0.1, 0.15) is 53.4 Å². The van der Waals surface area contributed by atoms with Gasteiger partial charge >= 0.3 is 6.09 Å². The topological polar surface area (TPSA) is 59.6 Å². The van der Waals surface area contributed by atoms with Crippen LogP contribution in [0.25, 0.3) is 0 Å². The van der Waals surface area contributed by atoms with Gasteiger partial charge in [-0.25, -0.2) is 4.79 Å². The van der Waals surface area contributed by atoms with Crippen molar-refractivity contribution < 1.29 is 14.3 Å². The highest BCUT2D eigenvalue weighted by Gasteiger charge is 2.55. The molecule has 5 unspecified atom stereocenters. The highest BCUT2D eigenvalue weighted by molar-refractivity contribution is 5.68. The lowest BCUT2D eigenvalue weighted by atomic mass is 9.71. The van der Waals surface area contributed by atoms with E-state index in [1.165, 1.54) is 12.8 Å². The number of carbonyl (C=O) groups is 1. The molecule has 1 aliphatic heterocycles. The molecular formula is C17H30N2O3. The van der Waals surface area contributed by atoms with Gasteiger partial charge in [0, 0.05) is 18.6 Å². The van der Waals surface area contributed by atoms with E-state index >= 15 is 0 Å². The van der Waals surface area contributed by atoms with Gasteiger partial charge in [-0.05, 0) is 52.4 Å². The Hall–Kier alpha value is -0.810. The molecule has 3 fully saturated rings. The molecule has 3 aliphatic rings. The third-order valence-electron chi connectivity index (χ3n) is 5.11. The molecule has 0 aromatic heterocycles. The Morgan fingerprint density at radius 3 is 2.59 bits per heavy atom. The van der Waals surface area contributed by atoms with Gasteiger partial charge in [0.1, 0.15) is 5.60 Å². The van der Waals surface area contributed by atoms with Gasteiger partial charge in [-0.1, -0.05) is 6.92 Å². The second kappa shape index (κ2) is 6.00. The molecule has 1 amide bonds. The van der Waals surface area contributed by atoms with Gasteiger partial charge in [0.15, 0.2) is 0 Å². The maximum absolute atomic E-state index is 12.1. The lowest BCUT2D eigenvalue weighted by Gasteiger charge is -2.49. The van der Waals surface area contributed by atoms with Crippen molar-refractivity contribution in [3.63, 3.8) is 0 Å². The van der Waals surface area contributed by atoms with E-state index in [9.17, 15) is 4.79 Å². The molecule has 5 nitrogen and oxygen atoms in total. The van der Waals surface area contributed by atoms with Crippen LogP contribution in [0.15, 0.2) is 0 Å². The fourth-order valence-electron chi connectivity index (χ4n) is 3.88. The summed E-state index contributed by atoms with van der Waals surface area (Å²) in [6.07, 6.45) is 4.78. The predicted molar refractivity (Wildman–Crippen MR) is 84.7 cm³/mol. The summed E-state index contributed by atoms with van der Waals surface area (Å²) in [6.45, 7) is 8.72. The van der Waals surface area contributed by atoms with Gasteiger partial charge in [0.05, 0.1) is 18.2 Å². The van der Waals surface area contributed by atoms with Crippen LogP contribution in [0.5, 0.6) is 0 Å². The molecule has 0 radical (unpaired) electrons. The summed E-state index contributed by atoms with van der Waals surface area (Å²) < 4.78 is 11.3. The molecule has 1 saturated heterocycles. The predicted octanol–water partition coefficient (Wildman–Crippen LogP) is 2.45. The molecule has 5 atom stereocenters. The standard InChI is InChI=1S/C17H30N2O3/c1-5-12(10-6-7-10)18-14-13(11-8-9-21-15(11)14)19-16(20)22-17(2,3)4/h10-15,18H,5-9H2,1-4H3,(H,19,20). The highest BCUT2D eigenvalue weighted by Crippen LogP contribution is 2.41. The zero-order chi connectivity index (χ0) is 15.9. The molecule has 0 bridgehead atoms. The maximum atomic E-state index is 12.1. The average Bonchev–Trinajstić information content (AvgIpc) is 3.15. The summed E-state index contributed by atoms with van der Waals surface area (Å²) in [7, 11) is 0. The van der Waals surface area contributed by atoms with Crippen LogP contribution in [0.3, 0.4) is 0 Å². The van der Waals surface area contributed by atoms with Crippen LogP contribution in [-0.2, 0) is 9.47 Å². The van der Waals surface area contributed by atoms with Gasteiger partial charge in [-0.2, -0.15) is 0 Å². The van der Waals surface area contributed by atoms with Crippen molar-refractivity contribution in [1.82, 2.24) is 10.6 Å². The first kappa shape index (κ1) is 16.1. The number of ether oxygens (including phenoxy) is 2. The third-order valence-corrected chi connectivity index (χ3v) is 5.11. The maximum Gasteiger partial charge on any atom is 0.407 e. The highest BCUT2D eigenvalue weighted by atomic mass is 16.6. The van der Waals surface area contributed by atoms with Gasteiger partial charge in [-0.3, -0.25) is 0 Å². The van der Waals surface area contributed by atoms with E-state index in [2.05, 4.69) is 17.6 Å². The van der Waals surface area contributed by atoms with Crippen LogP contribution < -0.4 is 10.6 Å². The van der Waals surface area contributed by atoms with Crippen LogP contribution in [0, 0.1) is 11.8 Å². The molecular weight excluding hydrogens is 280 g/mol. The largest absolute Gasteiger partial charge is 0.444 e. The van der Waals surface area contributed by atoms with Gasteiger partial charge in [-0.15, -0.1) is 0 Å². The van der Waals surface area contributed by atoms with Crippen molar-refractivity contribution in [2.24, 2.45) is 11.8 Å². The van der Waals surface area contributed by atoms with E-state index < -0.39 is 5.60 Å². The SMILES string of the molecule is CCC(NC1C(NC(=O)OC(C)(C)C)C2CCOC21)C1CC1. The Morgan fingerprint density at radius 1 is 1.27 bits per heavy atom. The number of carbonyl (C=O) groups excluding carboxylic acids is 1. The first-order valence-electron chi connectivity index (χ1n) is 8.76. The molecule has 0 spiro atoms. The van der Waals surface area contributed by atoms with Crippen LogP contribution >= 0.6 is 0 Å². The van der Waals surface area contributed by atoms with Crippen LogP contribution in [-0.4, -0.2) is 42.5 Å². The second-order valence-electron chi connectivity index (χ2n) is 8.00. The Kier molecular flexibility index (Phi) is 4.38.